The Morgan fingerprint density at radius 1 is 1.07 bits per heavy atom. The van der Waals surface area contributed by atoms with Crippen molar-refractivity contribution in [2.45, 2.75) is 6.61 Å². The molecular formula is C20H16N4O3. The van der Waals surface area contributed by atoms with Crippen LogP contribution < -0.4 is 4.74 Å². The van der Waals surface area contributed by atoms with Gasteiger partial charge in [-0.15, -0.1) is 0 Å². The number of fused-ring (bicyclic) bond motifs is 1. The summed E-state index contributed by atoms with van der Waals surface area (Å²) in [7, 11) is 1.62. The van der Waals surface area contributed by atoms with Crippen LogP contribution in [0.2, 0.25) is 0 Å². The van der Waals surface area contributed by atoms with Gasteiger partial charge in [-0.2, -0.15) is 5.10 Å². The summed E-state index contributed by atoms with van der Waals surface area (Å²) < 4.78 is 11.8. The second-order valence-corrected chi connectivity index (χ2v) is 5.76. The van der Waals surface area contributed by atoms with Gasteiger partial charge in [0.2, 0.25) is 0 Å². The van der Waals surface area contributed by atoms with Crippen LogP contribution in [0.5, 0.6) is 5.75 Å². The molecule has 0 fully saturated rings. The molecule has 0 amide bonds. The Labute approximate surface area is 155 Å². The lowest BCUT2D eigenvalue weighted by Gasteiger charge is -2.05. The molecule has 134 valence electrons. The van der Waals surface area contributed by atoms with Gasteiger partial charge in [0.05, 0.1) is 18.2 Å². The third kappa shape index (κ3) is 3.22. The summed E-state index contributed by atoms with van der Waals surface area (Å²) >= 11 is 0. The van der Waals surface area contributed by atoms with Crippen LogP contribution in [0.4, 0.5) is 0 Å². The van der Waals surface area contributed by atoms with Crippen molar-refractivity contribution in [1.29, 1.82) is 0 Å². The van der Waals surface area contributed by atoms with Gasteiger partial charge in [0.1, 0.15) is 11.4 Å². The van der Waals surface area contributed by atoms with Crippen molar-refractivity contribution in [1.82, 2.24) is 19.7 Å². The van der Waals surface area contributed by atoms with Gasteiger partial charge in [0, 0.05) is 11.8 Å². The van der Waals surface area contributed by atoms with Gasteiger partial charge in [-0.25, -0.2) is 14.6 Å². The van der Waals surface area contributed by atoms with Gasteiger partial charge < -0.3 is 9.47 Å². The van der Waals surface area contributed by atoms with E-state index in [4.69, 9.17) is 14.6 Å². The van der Waals surface area contributed by atoms with Crippen LogP contribution in [0.3, 0.4) is 0 Å². The third-order valence-corrected chi connectivity index (χ3v) is 4.12. The Bertz CT molecular complexity index is 1080. The zero-order valence-electron chi connectivity index (χ0n) is 14.6. The first-order valence-electron chi connectivity index (χ1n) is 8.30. The summed E-state index contributed by atoms with van der Waals surface area (Å²) in [5, 5.41) is 5.58. The molecule has 2 aromatic carbocycles. The summed E-state index contributed by atoms with van der Waals surface area (Å²) in [4.78, 5) is 19.3. The van der Waals surface area contributed by atoms with Crippen LogP contribution in [0, 0.1) is 0 Å². The summed E-state index contributed by atoms with van der Waals surface area (Å²) in [6.07, 6.45) is 1.71. The molecule has 4 aromatic rings. The number of hydrogen-bond donors (Lipinski definition) is 0. The molecule has 0 saturated carbocycles. The number of hydrogen-bond acceptors (Lipinski definition) is 6. The second kappa shape index (κ2) is 7.25. The van der Waals surface area contributed by atoms with Crippen LogP contribution in [-0.4, -0.2) is 33.3 Å². The van der Waals surface area contributed by atoms with Gasteiger partial charge in [0.15, 0.2) is 18.1 Å². The fourth-order valence-corrected chi connectivity index (χ4v) is 2.83. The smallest absolute Gasteiger partial charge is 0.293 e. The Kier molecular flexibility index (Phi) is 4.49. The lowest BCUT2D eigenvalue weighted by molar-refractivity contribution is -0.130. The highest BCUT2D eigenvalue weighted by Crippen LogP contribution is 2.29. The molecule has 4 rings (SSSR count). The van der Waals surface area contributed by atoms with Crippen molar-refractivity contribution in [2.24, 2.45) is 0 Å². The fraction of sp³-hybridized carbons (Fsp3) is 0.100. The van der Waals surface area contributed by atoms with Gasteiger partial charge in [-0.1, -0.05) is 30.3 Å². The number of ether oxygens (including phenoxy) is 2. The van der Waals surface area contributed by atoms with Crippen LogP contribution in [0.1, 0.15) is 5.82 Å². The SMILES string of the molecule is COc1ccc(-n2nc(-c3ccccc3)c3cnc(COC=O)nc32)cc1. The van der Waals surface area contributed by atoms with Crippen molar-refractivity contribution >= 4 is 17.5 Å². The minimum absolute atomic E-state index is 0.00784. The van der Waals surface area contributed by atoms with Crippen LogP contribution in [-0.2, 0) is 16.1 Å². The van der Waals surface area contributed by atoms with E-state index in [0.29, 0.717) is 17.9 Å². The van der Waals surface area contributed by atoms with E-state index in [9.17, 15) is 4.79 Å². The average Bonchev–Trinajstić information content (AvgIpc) is 3.12. The van der Waals surface area contributed by atoms with E-state index < -0.39 is 0 Å². The van der Waals surface area contributed by atoms with E-state index in [1.165, 1.54) is 0 Å². The van der Waals surface area contributed by atoms with E-state index in [0.717, 1.165) is 28.1 Å². The molecule has 0 unspecified atom stereocenters. The third-order valence-electron chi connectivity index (χ3n) is 4.12. The summed E-state index contributed by atoms with van der Waals surface area (Å²) in [6, 6.07) is 17.4. The van der Waals surface area contributed by atoms with Crippen molar-refractivity contribution < 1.29 is 14.3 Å². The summed E-state index contributed by atoms with van der Waals surface area (Å²) in [6.45, 7) is 0.387. The zero-order chi connectivity index (χ0) is 18.6. The molecule has 0 spiro atoms. The molecule has 2 heterocycles. The maximum absolute atomic E-state index is 10.5. The summed E-state index contributed by atoms with van der Waals surface area (Å²) in [5.74, 6) is 1.16. The van der Waals surface area contributed by atoms with E-state index >= 15 is 0 Å². The minimum atomic E-state index is 0.00784. The van der Waals surface area contributed by atoms with E-state index in [2.05, 4.69) is 9.97 Å². The second-order valence-electron chi connectivity index (χ2n) is 5.76. The van der Waals surface area contributed by atoms with E-state index in [-0.39, 0.29) is 6.61 Å². The van der Waals surface area contributed by atoms with Crippen molar-refractivity contribution in [3.05, 3.63) is 66.6 Å². The lowest BCUT2D eigenvalue weighted by atomic mass is 10.1. The highest BCUT2D eigenvalue weighted by atomic mass is 16.5. The van der Waals surface area contributed by atoms with Gasteiger partial charge >= 0.3 is 0 Å². The number of aromatic nitrogens is 4. The minimum Gasteiger partial charge on any atom is -0.497 e. The lowest BCUT2D eigenvalue weighted by Crippen LogP contribution is -2.02. The molecule has 0 atom stereocenters. The highest BCUT2D eigenvalue weighted by molar-refractivity contribution is 5.91. The normalized spacial score (nSPS) is 10.7. The van der Waals surface area contributed by atoms with Crippen molar-refractivity contribution in [3.8, 4) is 22.7 Å². The molecule has 0 aliphatic rings. The van der Waals surface area contributed by atoms with Crippen LogP contribution >= 0.6 is 0 Å². The molecule has 7 nitrogen and oxygen atoms in total. The topological polar surface area (TPSA) is 79.1 Å². The molecule has 27 heavy (non-hydrogen) atoms. The number of rotatable bonds is 6. The first kappa shape index (κ1) is 16.7. The van der Waals surface area contributed by atoms with E-state index in [1.54, 1.807) is 18.0 Å². The molecule has 0 N–H and O–H groups in total. The standard InChI is InChI=1S/C20H16N4O3/c1-26-16-9-7-15(8-10-16)24-20-17(11-21-18(22-20)12-27-13-25)19(23-24)14-5-3-2-4-6-14/h2-11,13H,12H2,1H3. The van der Waals surface area contributed by atoms with Crippen molar-refractivity contribution in [3.63, 3.8) is 0 Å². The van der Waals surface area contributed by atoms with Gasteiger partial charge in [0.25, 0.3) is 6.47 Å². The van der Waals surface area contributed by atoms with E-state index in [1.807, 2.05) is 54.6 Å². The highest BCUT2D eigenvalue weighted by Gasteiger charge is 2.16. The number of methoxy groups -OCH3 is 1. The monoisotopic (exact) mass is 360 g/mol. The summed E-state index contributed by atoms with van der Waals surface area (Å²) in [5.41, 5.74) is 3.22. The first-order valence-corrected chi connectivity index (χ1v) is 8.30. The molecule has 7 heteroatoms. The molecule has 2 aromatic heterocycles. The number of benzene rings is 2. The Hall–Kier alpha value is -3.74. The maximum Gasteiger partial charge on any atom is 0.293 e. The number of carbonyl (C=O) groups excluding carboxylic acids is 1. The van der Waals surface area contributed by atoms with Gasteiger partial charge in [-0.3, -0.25) is 4.79 Å². The molecular weight excluding hydrogens is 344 g/mol. The average molecular weight is 360 g/mol. The first-order chi connectivity index (χ1) is 13.3. The molecule has 0 bridgehead atoms. The maximum atomic E-state index is 10.5. The largest absolute Gasteiger partial charge is 0.497 e. The van der Waals surface area contributed by atoms with Crippen LogP contribution in [0.15, 0.2) is 60.8 Å². The Balaban J connectivity index is 1.90. The van der Waals surface area contributed by atoms with Gasteiger partial charge in [-0.05, 0) is 24.3 Å². The molecule has 0 aliphatic carbocycles. The number of carbonyl (C=O) groups is 1. The van der Waals surface area contributed by atoms with Crippen molar-refractivity contribution in [2.75, 3.05) is 7.11 Å². The molecule has 0 saturated heterocycles. The molecule has 0 aliphatic heterocycles. The Morgan fingerprint density at radius 2 is 1.85 bits per heavy atom. The predicted octanol–water partition coefficient (Wildman–Crippen LogP) is 3.16. The molecule has 0 radical (unpaired) electrons. The fourth-order valence-electron chi connectivity index (χ4n) is 2.83. The zero-order valence-corrected chi connectivity index (χ0v) is 14.6. The Morgan fingerprint density at radius 3 is 2.56 bits per heavy atom. The quantitative estimate of drug-likeness (QED) is 0.492. The predicted molar refractivity (Wildman–Crippen MR) is 99.5 cm³/mol. The number of nitrogens with zero attached hydrogens (tertiary/aromatic N) is 4. The van der Waals surface area contributed by atoms with Crippen LogP contribution in [0.25, 0.3) is 28.0 Å².